The van der Waals surface area contributed by atoms with E-state index >= 15 is 0 Å². The van der Waals surface area contributed by atoms with Gasteiger partial charge in [0.1, 0.15) is 11.5 Å². The van der Waals surface area contributed by atoms with Gasteiger partial charge in [-0.1, -0.05) is 69.0 Å². The van der Waals surface area contributed by atoms with Crippen LogP contribution in [0.2, 0.25) is 0 Å². The fraction of sp³-hybridized carbons (Fsp3) is 0.533. The number of hydrogen-bond donors (Lipinski definition) is 3. The van der Waals surface area contributed by atoms with E-state index in [2.05, 4.69) is 18.8 Å². The molecule has 1 saturated carbocycles. The minimum absolute atomic E-state index is 0.170. The number of nitrogens with one attached hydrogen (secondary N) is 1. The second-order valence-corrected chi connectivity index (χ2v) is 11.3. The van der Waals surface area contributed by atoms with E-state index < -0.39 is 35.1 Å². The van der Waals surface area contributed by atoms with Gasteiger partial charge in [0.25, 0.3) is 0 Å². The van der Waals surface area contributed by atoms with Gasteiger partial charge in [0.2, 0.25) is 5.91 Å². The summed E-state index contributed by atoms with van der Waals surface area (Å²) in [5.74, 6) is -1.75. The molecular formula is C30H39NO5. The molecule has 9 atom stereocenters. The molecule has 1 spiro atoms. The number of carbonyl (C=O) groups excluding carboxylic acids is 2. The van der Waals surface area contributed by atoms with Gasteiger partial charge in [-0.2, -0.15) is 0 Å². The number of allylic oxidation sites excluding steroid dienone is 1. The van der Waals surface area contributed by atoms with Crippen molar-refractivity contribution in [3.05, 3.63) is 72.4 Å². The van der Waals surface area contributed by atoms with Crippen molar-refractivity contribution in [2.24, 2.45) is 29.1 Å². The van der Waals surface area contributed by atoms with Crippen LogP contribution in [0.25, 0.3) is 0 Å². The van der Waals surface area contributed by atoms with Crippen LogP contribution in [0.1, 0.15) is 46.1 Å². The predicted octanol–water partition coefficient (Wildman–Crippen LogP) is 3.74. The zero-order valence-corrected chi connectivity index (χ0v) is 21.7. The molecule has 2 aliphatic carbocycles. The molecule has 2 fully saturated rings. The lowest BCUT2D eigenvalue weighted by Crippen LogP contribution is -2.60. The van der Waals surface area contributed by atoms with Crippen LogP contribution in [0.15, 0.2) is 66.8 Å². The molecule has 6 heteroatoms. The van der Waals surface area contributed by atoms with E-state index in [0.29, 0.717) is 24.8 Å². The average Bonchev–Trinajstić information content (AvgIpc) is 3.08. The first-order chi connectivity index (χ1) is 17.0. The summed E-state index contributed by atoms with van der Waals surface area (Å²) in [7, 11) is 0. The fourth-order valence-corrected chi connectivity index (χ4v) is 6.90. The molecule has 1 saturated heterocycles. The van der Waals surface area contributed by atoms with E-state index in [1.165, 1.54) is 6.92 Å². The first-order valence-electron chi connectivity index (χ1n) is 12.9. The van der Waals surface area contributed by atoms with Crippen molar-refractivity contribution >= 4 is 11.9 Å². The topological polar surface area (TPSA) is 95.9 Å². The van der Waals surface area contributed by atoms with Gasteiger partial charge in [-0.05, 0) is 55.2 Å². The molecule has 194 valence electrons. The number of ether oxygens (including phenoxy) is 1. The summed E-state index contributed by atoms with van der Waals surface area (Å²) in [6.07, 6.45) is 7.09. The van der Waals surface area contributed by atoms with E-state index in [1.54, 1.807) is 19.1 Å². The van der Waals surface area contributed by atoms with Crippen LogP contribution in [-0.4, -0.2) is 45.9 Å². The SMILES string of the molecule is C=C1[C@@H](O)[C@H]2C=CC[C@@H](C)C[C@](C)(O)C=C[C@@H](OC(C)=O)[C@]23C(=O)N[C@@H](Cc2ccccc2)[C@H]3[C@H]1C. The molecule has 4 rings (SSSR count). The van der Waals surface area contributed by atoms with Crippen LogP contribution in [0.5, 0.6) is 0 Å². The lowest BCUT2D eigenvalue weighted by Gasteiger charge is -2.52. The minimum Gasteiger partial charge on any atom is -0.457 e. The molecule has 3 aliphatic rings. The van der Waals surface area contributed by atoms with Crippen molar-refractivity contribution in [2.75, 3.05) is 0 Å². The highest BCUT2D eigenvalue weighted by atomic mass is 16.5. The maximum absolute atomic E-state index is 14.2. The van der Waals surface area contributed by atoms with E-state index in [9.17, 15) is 19.8 Å². The third-order valence-electron chi connectivity index (χ3n) is 8.43. The number of aliphatic hydroxyl groups is 2. The number of amides is 1. The number of carbonyl (C=O) groups is 2. The quantitative estimate of drug-likeness (QED) is 0.440. The van der Waals surface area contributed by atoms with Crippen LogP contribution < -0.4 is 5.32 Å². The third kappa shape index (κ3) is 4.69. The Morgan fingerprint density at radius 2 is 1.92 bits per heavy atom. The number of aliphatic hydroxyl groups excluding tert-OH is 1. The van der Waals surface area contributed by atoms with Gasteiger partial charge < -0.3 is 20.3 Å². The lowest BCUT2D eigenvalue weighted by atomic mass is 9.51. The highest BCUT2D eigenvalue weighted by molar-refractivity contribution is 5.89. The molecule has 0 unspecified atom stereocenters. The van der Waals surface area contributed by atoms with Gasteiger partial charge in [0.15, 0.2) is 0 Å². The highest BCUT2D eigenvalue weighted by Crippen LogP contribution is 2.58. The molecule has 36 heavy (non-hydrogen) atoms. The number of rotatable bonds is 3. The molecular weight excluding hydrogens is 454 g/mol. The Kier molecular flexibility index (Phi) is 7.31. The van der Waals surface area contributed by atoms with Gasteiger partial charge in [-0.15, -0.1) is 0 Å². The van der Waals surface area contributed by atoms with E-state index in [1.807, 2.05) is 49.4 Å². The van der Waals surface area contributed by atoms with Crippen molar-refractivity contribution < 1.29 is 24.5 Å². The largest absolute Gasteiger partial charge is 0.457 e. The second-order valence-electron chi connectivity index (χ2n) is 11.3. The van der Waals surface area contributed by atoms with Gasteiger partial charge in [-0.3, -0.25) is 9.59 Å². The smallest absolute Gasteiger partial charge is 0.303 e. The molecule has 1 aromatic carbocycles. The van der Waals surface area contributed by atoms with Crippen molar-refractivity contribution in [3.63, 3.8) is 0 Å². The molecule has 0 radical (unpaired) electrons. The summed E-state index contributed by atoms with van der Waals surface area (Å²) in [4.78, 5) is 26.5. The molecule has 1 amide bonds. The van der Waals surface area contributed by atoms with Crippen LogP contribution >= 0.6 is 0 Å². The molecule has 0 bridgehead atoms. The highest BCUT2D eigenvalue weighted by Gasteiger charge is 2.68. The van der Waals surface area contributed by atoms with Crippen molar-refractivity contribution in [2.45, 2.75) is 70.8 Å². The summed E-state index contributed by atoms with van der Waals surface area (Å²) in [6, 6.07) is 9.73. The lowest BCUT2D eigenvalue weighted by molar-refractivity contribution is -0.166. The van der Waals surface area contributed by atoms with Crippen LogP contribution in [-0.2, 0) is 20.7 Å². The standard InChI is InChI=1S/C30H39NO5/c1-18-10-9-13-23-27(33)20(3)19(2)26-24(16-22-11-7-6-8-12-22)31-28(34)30(23,26)25(36-21(4)32)14-15-29(5,35)17-18/h6-9,11-15,18-19,23-27,33,35H,3,10,16-17H2,1-2,4-5H3,(H,31,34)/t18-,19+,23-,24+,25-,26-,27-,29-,30-/m1/s1. The average molecular weight is 494 g/mol. The number of esters is 1. The second kappa shape index (κ2) is 9.98. The van der Waals surface area contributed by atoms with Crippen molar-refractivity contribution in [1.29, 1.82) is 0 Å². The zero-order valence-electron chi connectivity index (χ0n) is 21.7. The third-order valence-corrected chi connectivity index (χ3v) is 8.43. The Morgan fingerprint density at radius 3 is 2.58 bits per heavy atom. The summed E-state index contributed by atoms with van der Waals surface area (Å²) in [5, 5.41) is 25.8. The summed E-state index contributed by atoms with van der Waals surface area (Å²) in [5.41, 5.74) is -0.635. The first-order valence-corrected chi connectivity index (χ1v) is 12.9. The first kappa shape index (κ1) is 26.4. The van der Waals surface area contributed by atoms with Crippen LogP contribution in [0.3, 0.4) is 0 Å². The van der Waals surface area contributed by atoms with Gasteiger partial charge in [0, 0.05) is 24.8 Å². The molecule has 3 N–H and O–H groups in total. The van der Waals surface area contributed by atoms with Gasteiger partial charge in [-0.25, -0.2) is 0 Å². The maximum atomic E-state index is 14.2. The summed E-state index contributed by atoms with van der Waals surface area (Å²) < 4.78 is 5.89. The molecule has 1 aliphatic heterocycles. The Balaban J connectivity index is 1.92. The van der Waals surface area contributed by atoms with E-state index in [0.717, 1.165) is 5.56 Å². The fourth-order valence-electron chi connectivity index (χ4n) is 6.90. The Labute approximate surface area is 214 Å². The van der Waals surface area contributed by atoms with Crippen molar-refractivity contribution in [1.82, 2.24) is 5.32 Å². The molecule has 1 aromatic rings. The van der Waals surface area contributed by atoms with Gasteiger partial charge >= 0.3 is 5.97 Å². The van der Waals surface area contributed by atoms with Gasteiger partial charge in [0.05, 0.1) is 11.7 Å². The van der Waals surface area contributed by atoms with E-state index in [-0.39, 0.29) is 29.7 Å². The molecule has 0 aromatic heterocycles. The van der Waals surface area contributed by atoms with Crippen LogP contribution in [0, 0.1) is 29.1 Å². The Hall–Kier alpha value is -2.70. The number of hydrogen-bond acceptors (Lipinski definition) is 5. The Morgan fingerprint density at radius 1 is 1.22 bits per heavy atom. The van der Waals surface area contributed by atoms with Crippen LogP contribution in [0.4, 0.5) is 0 Å². The monoisotopic (exact) mass is 493 g/mol. The minimum atomic E-state index is -1.26. The molecule has 6 nitrogen and oxygen atoms in total. The van der Waals surface area contributed by atoms with Crippen molar-refractivity contribution in [3.8, 4) is 0 Å². The maximum Gasteiger partial charge on any atom is 0.303 e. The van der Waals surface area contributed by atoms with E-state index in [4.69, 9.17) is 4.74 Å². The number of benzene rings is 1. The summed E-state index contributed by atoms with van der Waals surface area (Å²) >= 11 is 0. The normalized spacial score (nSPS) is 40.6. The predicted molar refractivity (Wildman–Crippen MR) is 139 cm³/mol. The zero-order chi connectivity index (χ0) is 26.3. The summed E-state index contributed by atoms with van der Waals surface area (Å²) in [6.45, 7) is 11.3. The molecule has 1 heterocycles. The Bertz CT molecular complexity index is 1060.